The van der Waals surface area contributed by atoms with Gasteiger partial charge in [0.15, 0.2) is 0 Å². The molecule has 296 valence electrons. The maximum absolute atomic E-state index is 12.5. The third kappa shape index (κ3) is 16.1. The van der Waals surface area contributed by atoms with Crippen LogP contribution in [0.5, 0.6) is 0 Å². The third-order valence-electron chi connectivity index (χ3n) is 10.2. The molecule has 0 saturated heterocycles. The predicted molar refractivity (Wildman–Crippen MR) is 221 cm³/mol. The van der Waals surface area contributed by atoms with E-state index in [4.69, 9.17) is 0 Å². The van der Waals surface area contributed by atoms with Gasteiger partial charge in [-0.3, -0.25) is 0 Å². The van der Waals surface area contributed by atoms with E-state index >= 15 is 0 Å². The number of nitrogens with zero attached hydrogens (tertiary/aromatic N) is 2. The van der Waals surface area contributed by atoms with Crippen LogP contribution in [-0.4, -0.2) is 18.9 Å². The molecule has 1 aliphatic rings. The minimum atomic E-state index is 0.819. The minimum absolute atomic E-state index is 0.819. The molecule has 0 saturated carbocycles. The quantitative estimate of drug-likeness (QED) is 0.0517. The molecule has 0 radical (unpaired) electrons. The van der Waals surface area contributed by atoms with Crippen LogP contribution in [0.1, 0.15) is 197 Å². The van der Waals surface area contributed by atoms with E-state index in [2.05, 4.69) is 85.7 Å². The Kier molecular flexibility index (Phi) is 25.2. The third-order valence-corrected chi connectivity index (χ3v) is 10.5. The second-order valence-corrected chi connectivity index (χ2v) is 15.7. The number of allylic oxidation sites excluding steroid dienone is 2. The van der Waals surface area contributed by atoms with E-state index in [0.29, 0.717) is 0 Å². The summed E-state index contributed by atoms with van der Waals surface area (Å²) in [4.78, 5) is 0. The van der Waals surface area contributed by atoms with E-state index in [9.17, 15) is 5.53 Å². The van der Waals surface area contributed by atoms with Crippen LogP contribution in [0.4, 0.5) is 0 Å². The van der Waals surface area contributed by atoms with Crippen molar-refractivity contribution < 1.29 is 27.5 Å². The molecule has 2 aromatic carbocycles. The fraction of sp³-hybridized carbons (Fsp3) is 0.660. The Balaban J connectivity index is 0.00000175. The molecule has 4 nitrogen and oxygen atoms in total. The first-order valence-corrected chi connectivity index (χ1v) is 22.1. The maximum atomic E-state index is 12.5. The van der Waals surface area contributed by atoms with E-state index in [0.717, 1.165) is 77.8 Å². The van der Waals surface area contributed by atoms with E-state index in [-0.39, 0.29) is 0 Å². The van der Waals surface area contributed by atoms with E-state index < -0.39 is 0 Å². The van der Waals surface area contributed by atoms with Gasteiger partial charge in [-0.1, -0.05) is 124 Å². The van der Waals surface area contributed by atoms with Gasteiger partial charge in [0, 0.05) is 22.3 Å². The zero-order valence-corrected chi connectivity index (χ0v) is 35.7. The number of hydrogen-bond donors (Lipinski definition) is 0. The Bertz CT molecular complexity index is 1300. The number of rotatable bonds is 27. The average molecular weight is 760 g/mol. The van der Waals surface area contributed by atoms with Crippen LogP contribution in [0.25, 0.3) is 16.9 Å². The van der Waals surface area contributed by atoms with Gasteiger partial charge in [-0.05, 0) is 124 Å². The van der Waals surface area contributed by atoms with Gasteiger partial charge in [0.25, 0.3) is 0 Å². The molecule has 0 aliphatic carbocycles. The van der Waals surface area contributed by atoms with Crippen molar-refractivity contribution >= 4 is 11.4 Å². The van der Waals surface area contributed by atoms with Crippen LogP contribution in [0.3, 0.4) is 0 Å². The summed E-state index contributed by atoms with van der Waals surface area (Å²) in [6.07, 6.45) is 27.5. The van der Waals surface area contributed by atoms with E-state index in [1.807, 2.05) is 0 Å². The van der Waals surface area contributed by atoms with Crippen molar-refractivity contribution in [2.45, 2.75) is 189 Å². The molecule has 3 rings (SSSR count). The molecule has 0 fully saturated rings. The molecular formula is C47H76N2NiO2. The molecule has 0 spiro atoms. The van der Waals surface area contributed by atoms with Crippen LogP contribution in [-0.2, 0) is 48.5 Å². The summed E-state index contributed by atoms with van der Waals surface area (Å²) in [6, 6.07) is 14.6. The Labute approximate surface area is 327 Å². The topological polar surface area (TPSA) is 43.8 Å². The van der Waals surface area contributed by atoms with Crippen molar-refractivity contribution in [2.24, 2.45) is 0 Å². The molecule has 52 heavy (non-hydrogen) atoms. The summed E-state index contributed by atoms with van der Waals surface area (Å²) in [5.74, 6) is 0. The zero-order valence-electron chi connectivity index (χ0n) is 34.8. The molecule has 2 aromatic rings. The van der Waals surface area contributed by atoms with Crippen LogP contribution in [0.15, 0.2) is 47.5 Å². The van der Waals surface area contributed by atoms with Gasteiger partial charge in [-0.2, -0.15) is 0 Å². The summed E-state index contributed by atoms with van der Waals surface area (Å²) < 4.78 is 10.5. The molecule has 0 bridgehead atoms. The average Bonchev–Trinajstić information content (AvgIpc) is 3.42. The van der Waals surface area contributed by atoms with Gasteiger partial charge in [-0.15, -0.1) is 0 Å². The molecule has 0 amide bonds. The fourth-order valence-electron chi connectivity index (χ4n) is 7.44. The number of hydrogen-bond acceptors (Lipinski definition) is 2. The van der Waals surface area contributed by atoms with E-state index in [1.54, 1.807) is 18.9 Å². The Morgan fingerprint density at radius 2 is 0.712 bits per heavy atom. The van der Waals surface area contributed by atoms with Crippen LogP contribution >= 0.6 is 0 Å². The molecule has 0 unspecified atom stereocenters. The van der Waals surface area contributed by atoms with Crippen molar-refractivity contribution in [1.29, 1.82) is 0 Å². The standard InChI is InChI=1S/C45H70N2.2CH3O.Ni/c1-7-13-19-24-36-30-37(25-20-14-8-2)33-40(32-36)44-42(28-18-12-6)43(29-23-17-11-5)45(47(44)46)41-34-38(26-21-15-9-3)31-39(35-41)27-22-16-10-4;2*1-2;/h30-35H,7-29H2,1-6H3;2*1H3;/q;2*-1;+2. The van der Waals surface area contributed by atoms with Crippen LogP contribution in [0, 0.1) is 0 Å². The predicted octanol–water partition coefficient (Wildman–Crippen LogP) is 14.7. The van der Waals surface area contributed by atoms with Gasteiger partial charge in [0.05, 0.1) is 0 Å². The molecule has 1 heterocycles. The summed E-state index contributed by atoms with van der Waals surface area (Å²) in [7, 11) is 3.12. The first-order chi connectivity index (χ1) is 25.4. The number of aryl methyl sites for hydroxylation is 4. The van der Waals surface area contributed by atoms with Crippen molar-refractivity contribution in [3.8, 4) is 0 Å². The van der Waals surface area contributed by atoms with E-state index in [1.165, 1.54) is 141 Å². The molecule has 0 aromatic heterocycles. The van der Waals surface area contributed by atoms with Gasteiger partial charge in [0.2, 0.25) is 11.4 Å². The van der Waals surface area contributed by atoms with Crippen LogP contribution in [0.2, 0.25) is 0 Å². The Hall–Kier alpha value is -2.07. The summed E-state index contributed by atoms with van der Waals surface area (Å²) in [5.41, 5.74) is 25.6. The summed E-state index contributed by atoms with van der Waals surface area (Å²) in [6.45, 7) is 13.8. The molecule has 5 heteroatoms. The summed E-state index contributed by atoms with van der Waals surface area (Å²) >= 11 is 0.819. The SMILES string of the molecule is CCCCCC1=C(c2cc(CCCCC)cc(CCCCC)c2)[N+](=[N-])C(c2cc(CCCCC)cc(CCCCC)c2)=C1CCCC.C[O][Ni][O]C. The normalized spacial score (nSPS) is 13.0. The van der Waals surface area contributed by atoms with Crippen molar-refractivity contribution in [3.63, 3.8) is 0 Å². The number of benzene rings is 2. The van der Waals surface area contributed by atoms with Gasteiger partial charge >= 0.3 is 37.1 Å². The zero-order chi connectivity index (χ0) is 38.0. The molecular weight excluding hydrogens is 683 g/mol. The summed E-state index contributed by atoms with van der Waals surface area (Å²) in [5, 5.41) is 0. The van der Waals surface area contributed by atoms with Gasteiger partial charge in [-0.25, -0.2) is 4.70 Å². The Morgan fingerprint density at radius 1 is 0.423 bits per heavy atom. The van der Waals surface area contributed by atoms with Crippen molar-refractivity contribution in [1.82, 2.24) is 0 Å². The van der Waals surface area contributed by atoms with Crippen molar-refractivity contribution in [3.05, 3.63) is 86.5 Å². The first kappa shape index (κ1) is 46.1. The second kappa shape index (κ2) is 28.4. The molecule has 0 atom stereocenters. The van der Waals surface area contributed by atoms with Gasteiger partial charge < -0.3 is 5.53 Å². The molecule has 1 aliphatic heterocycles. The first-order valence-electron chi connectivity index (χ1n) is 21.3. The second-order valence-electron chi connectivity index (χ2n) is 14.7. The number of unbranched alkanes of at least 4 members (excludes halogenated alkanes) is 11. The fourth-order valence-corrected chi connectivity index (χ4v) is 7.60. The monoisotopic (exact) mass is 759 g/mol. The van der Waals surface area contributed by atoms with Gasteiger partial charge in [0.1, 0.15) is 0 Å². The molecule has 0 N–H and O–H groups in total. The Morgan fingerprint density at radius 3 is 0.981 bits per heavy atom. The van der Waals surface area contributed by atoms with Crippen molar-refractivity contribution in [2.75, 3.05) is 14.2 Å². The van der Waals surface area contributed by atoms with Crippen LogP contribution < -0.4 is 0 Å².